The molecule has 7 heteroatoms. The van der Waals surface area contributed by atoms with Gasteiger partial charge in [0.15, 0.2) is 9.84 Å². The first-order valence-corrected chi connectivity index (χ1v) is 6.98. The minimum Gasteiger partial charge on any atom is -0.376 e. The second-order valence-electron chi connectivity index (χ2n) is 3.99. The van der Waals surface area contributed by atoms with Crippen LogP contribution in [0.2, 0.25) is 0 Å². The molecule has 18 heavy (non-hydrogen) atoms. The Balaban J connectivity index is 3.36. The zero-order valence-electron chi connectivity index (χ0n) is 10.1. The Morgan fingerprint density at radius 2 is 2.11 bits per heavy atom. The molecule has 0 bridgehead atoms. The van der Waals surface area contributed by atoms with Gasteiger partial charge in [-0.25, -0.2) is 8.42 Å². The number of sulfone groups is 1. The van der Waals surface area contributed by atoms with Crippen molar-refractivity contribution >= 4 is 21.2 Å². The highest BCUT2D eigenvalue weighted by Crippen LogP contribution is 2.31. The van der Waals surface area contributed by atoms with Gasteiger partial charge < -0.3 is 5.32 Å². The second kappa shape index (κ2) is 5.18. The van der Waals surface area contributed by atoms with E-state index in [1.807, 2.05) is 0 Å². The molecule has 1 rings (SSSR count). The second-order valence-corrected chi connectivity index (χ2v) is 5.98. The molecule has 0 spiro atoms. The predicted molar refractivity (Wildman–Crippen MR) is 69.5 cm³/mol. The molecule has 0 atom stereocenters. The summed E-state index contributed by atoms with van der Waals surface area (Å²) in [5, 5.41) is 13.8. The van der Waals surface area contributed by atoms with Gasteiger partial charge in [0.25, 0.3) is 0 Å². The predicted octanol–water partition coefficient (Wildman–Crippen LogP) is 1.99. The van der Waals surface area contributed by atoms with E-state index in [1.165, 1.54) is 18.2 Å². The first-order chi connectivity index (χ1) is 8.23. The molecule has 1 N–H and O–H groups in total. The lowest BCUT2D eigenvalue weighted by Crippen LogP contribution is -2.08. The van der Waals surface area contributed by atoms with E-state index in [0.717, 1.165) is 11.8 Å². The molecule has 98 valence electrons. The summed E-state index contributed by atoms with van der Waals surface area (Å²) in [7, 11) is -3.64. The van der Waals surface area contributed by atoms with Crippen LogP contribution in [0.5, 0.6) is 0 Å². The molecule has 0 aliphatic rings. The molecule has 0 fully saturated rings. The summed E-state index contributed by atoms with van der Waals surface area (Å²) in [6.07, 6.45) is 0.942. The van der Waals surface area contributed by atoms with Crippen LogP contribution in [0.4, 0.5) is 11.4 Å². The molecule has 0 amide bonds. The average molecular weight is 270 g/mol. The van der Waals surface area contributed by atoms with Crippen molar-refractivity contribution in [3.8, 4) is 0 Å². The molecule has 6 nitrogen and oxygen atoms in total. The van der Waals surface area contributed by atoms with Crippen LogP contribution in [0.25, 0.3) is 0 Å². The molecule has 0 unspecified atom stereocenters. The van der Waals surface area contributed by atoms with Crippen molar-refractivity contribution in [1.29, 1.82) is 0 Å². The zero-order valence-corrected chi connectivity index (χ0v) is 11.0. The summed E-state index contributed by atoms with van der Waals surface area (Å²) in [6, 6.07) is 4.15. The summed E-state index contributed by atoms with van der Waals surface area (Å²) >= 11 is 0. The molecular formula is C11H14N2O4S. The highest BCUT2D eigenvalue weighted by Gasteiger charge is 2.25. The summed E-state index contributed by atoms with van der Waals surface area (Å²) < 4.78 is 23.0. The van der Waals surface area contributed by atoms with Crippen molar-refractivity contribution in [2.24, 2.45) is 0 Å². The van der Waals surface area contributed by atoms with Gasteiger partial charge in [-0.2, -0.15) is 0 Å². The molecule has 1 aromatic carbocycles. The first kappa shape index (κ1) is 14.2. The van der Waals surface area contributed by atoms with Crippen LogP contribution in [-0.2, 0) is 9.84 Å². The molecule has 0 radical (unpaired) electrons. The van der Waals surface area contributed by atoms with Crippen molar-refractivity contribution in [2.75, 3.05) is 18.1 Å². The number of benzene rings is 1. The van der Waals surface area contributed by atoms with Crippen LogP contribution >= 0.6 is 0 Å². The fourth-order valence-corrected chi connectivity index (χ4v) is 2.26. The van der Waals surface area contributed by atoms with Gasteiger partial charge in [-0.05, 0) is 19.1 Å². The number of hydrogen-bond acceptors (Lipinski definition) is 5. The van der Waals surface area contributed by atoms with Gasteiger partial charge in [-0.15, -0.1) is 0 Å². The summed E-state index contributed by atoms with van der Waals surface area (Å²) in [5.41, 5.74) is 0.529. The third-order valence-electron chi connectivity index (χ3n) is 2.16. The van der Waals surface area contributed by atoms with Crippen LogP contribution in [0.3, 0.4) is 0 Å². The van der Waals surface area contributed by atoms with E-state index in [-0.39, 0.29) is 10.6 Å². The van der Waals surface area contributed by atoms with Crippen LogP contribution < -0.4 is 5.32 Å². The number of nitro groups is 1. The number of para-hydroxylation sites is 1. The van der Waals surface area contributed by atoms with Gasteiger partial charge in [0.05, 0.1) is 4.92 Å². The molecule has 0 heterocycles. The average Bonchev–Trinajstić information content (AvgIpc) is 2.24. The maximum Gasteiger partial charge on any atom is 0.310 e. The van der Waals surface area contributed by atoms with E-state index in [1.54, 1.807) is 6.92 Å². The largest absolute Gasteiger partial charge is 0.376 e. The van der Waals surface area contributed by atoms with E-state index in [9.17, 15) is 18.5 Å². The van der Waals surface area contributed by atoms with Crippen LogP contribution in [0.15, 0.2) is 35.2 Å². The van der Waals surface area contributed by atoms with E-state index in [0.29, 0.717) is 6.54 Å². The Morgan fingerprint density at radius 1 is 1.50 bits per heavy atom. The lowest BCUT2D eigenvalue weighted by atomic mass is 10.2. The summed E-state index contributed by atoms with van der Waals surface area (Å²) in [4.78, 5) is 10.0. The molecule has 0 aliphatic carbocycles. The maximum absolute atomic E-state index is 11.5. The maximum atomic E-state index is 11.5. The van der Waals surface area contributed by atoms with Crippen LogP contribution in [0, 0.1) is 10.1 Å². The van der Waals surface area contributed by atoms with E-state index < -0.39 is 20.4 Å². The number of nitrogens with zero attached hydrogens (tertiary/aromatic N) is 1. The lowest BCUT2D eigenvalue weighted by Gasteiger charge is -2.09. The van der Waals surface area contributed by atoms with Crippen molar-refractivity contribution < 1.29 is 13.3 Å². The molecule has 0 saturated carbocycles. The van der Waals surface area contributed by atoms with Crippen molar-refractivity contribution in [1.82, 2.24) is 0 Å². The number of nitro benzene ring substituents is 1. The minimum atomic E-state index is -3.64. The Bertz CT molecular complexity index is 593. The van der Waals surface area contributed by atoms with Crippen LogP contribution in [0.1, 0.15) is 6.92 Å². The quantitative estimate of drug-likeness (QED) is 0.502. The van der Waals surface area contributed by atoms with Gasteiger partial charge in [0.1, 0.15) is 10.6 Å². The SMILES string of the molecule is C=C(C)CNc1cccc(S(C)(=O)=O)c1[N+](=O)[O-]. The Labute approximate surface area is 105 Å². The van der Waals surface area contributed by atoms with Gasteiger partial charge in [-0.1, -0.05) is 18.2 Å². The number of hydrogen-bond donors (Lipinski definition) is 1. The van der Waals surface area contributed by atoms with Crippen molar-refractivity contribution in [3.63, 3.8) is 0 Å². The van der Waals surface area contributed by atoms with E-state index >= 15 is 0 Å². The third kappa shape index (κ3) is 3.30. The minimum absolute atomic E-state index is 0.172. The van der Waals surface area contributed by atoms with E-state index in [2.05, 4.69) is 11.9 Å². The van der Waals surface area contributed by atoms with Gasteiger partial charge in [0, 0.05) is 12.8 Å². The zero-order chi connectivity index (χ0) is 13.9. The highest BCUT2D eigenvalue weighted by molar-refractivity contribution is 7.90. The van der Waals surface area contributed by atoms with Gasteiger partial charge in [-0.3, -0.25) is 10.1 Å². The normalized spacial score (nSPS) is 11.0. The Morgan fingerprint density at radius 3 is 2.56 bits per heavy atom. The standard InChI is InChI=1S/C11H14N2O4S/c1-8(2)7-12-9-5-4-6-10(18(3,16)17)11(9)13(14)15/h4-6,12H,1,7H2,2-3H3. The smallest absolute Gasteiger partial charge is 0.310 e. The molecule has 0 saturated heterocycles. The number of anilines is 1. The van der Waals surface area contributed by atoms with Gasteiger partial charge >= 0.3 is 5.69 Å². The first-order valence-electron chi connectivity index (χ1n) is 5.09. The molecule has 0 aromatic heterocycles. The number of rotatable bonds is 5. The van der Waals surface area contributed by atoms with Gasteiger partial charge in [0.2, 0.25) is 0 Å². The van der Waals surface area contributed by atoms with Crippen molar-refractivity contribution in [2.45, 2.75) is 11.8 Å². The summed E-state index contributed by atoms with van der Waals surface area (Å²) in [5.74, 6) is 0. The number of nitrogens with one attached hydrogen (secondary N) is 1. The van der Waals surface area contributed by atoms with E-state index in [4.69, 9.17) is 0 Å². The third-order valence-corrected chi connectivity index (χ3v) is 3.29. The summed E-state index contributed by atoms with van der Waals surface area (Å²) in [6.45, 7) is 5.77. The lowest BCUT2D eigenvalue weighted by molar-refractivity contribution is -0.386. The highest BCUT2D eigenvalue weighted by atomic mass is 32.2. The fourth-order valence-electron chi connectivity index (χ4n) is 1.40. The Kier molecular flexibility index (Phi) is 4.07. The van der Waals surface area contributed by atoms with Crippen molar-refractivity contribution in [3.05, 3.63) is 40.5 Å². The fraction of sp³-hybridized carbons (Fsp3) is 0.273. The Hall–Kier alpha value is -1.89. The monoisotopic (exact) mass is 270 g/mol. The van der Waals surface area contributed by atoms with Crippen LogP contribution in [-0.4, -0.2) is 26.1 Å². The molecule has 1 aromatic rings. The molecule has 0 aliphatic heterocycles. The molecular weight excluding hydrogens is 256 g/mol. The topological polar surface area (TPSA) is 89.3 Å².